The second-order valence-corrected chi connectivity index (χ2v) is 5.27. The Kier molecular flexibility index (Phi) is 5.11. The van der Waals surface area contributed by atoms with Crippen molar-refractivity contribution in [1.82, 2.24) is 0 Å². The van der Waals surface area contributed by atoms with Crippen molar-refractivity contribution < 1.29 is 14.3 Å². The minimum atomic E-state index is -0.285. The molecule has 1 atom stereocenters. The molecule has 20 heavy (non-hydrogen) atoms. The normalized spacial score (nSPS) is 17.4. The summed E-state index contributed by atoms with van der Waals surface area (Å²) < 4.78 is 10.8. The molecule has 1 unspecified atom stereocenters. The van der Waals surface area contributed by atoms with Gasteiger partial charge in [-0.15, -0.1) is 0 Å². The van der Waals surface area contributed by atoms with E-state index in [4.69, 9.17) is 15.2 Å². The maximum Gasteiger partial charge on any atom is 0.229 e. The van der Waals surface area contributed by atoms with Crippen LogP contribution >= 0.6 is 0 Å². The highest BCUT2D eigenvalue weighted by Crippen LogP contribution is 2.24. The van der Waals surface area contributed by atoms with Crippen molar-refractivity contribution in [3.8, 4) is 0 Å². The molecule has 1 aromatic carbocycles. The molecule has 110 valence electrons. The van der Waals surface area contributed by atoms with Crippen LogP contribution in [0.1, 0.15) is 25.7 Å². The van der Waals surface area contributed by atoms with Crippen LogP contribution in [-0.4, -0.2) is 25.7 Å². The molecular formula is C15H22N2O3. The fraction of sp³-hybridized carbons (Fsp3) is 0.533. The molecule has 2 rings (SSSR count). The molecule has 1 aliphatic rings. The second kappa shape index (κ2) is 6.83. The molecule has 0 bridgehead atoms. The summed E-state index contributed by atoms with van der Waals surface area (Å²) in [5, 5.41) is 2.89. The number of benzene rings is 1. The van der Waals surface area contributed by atoms with Gasteiger partial charge in [-0.05, 0) is 18.1 Å². The number of ether oxygens (including phenoxy) is 2. The van der Waals surface area contributed by atoms with Crippen LogP contribution in [0.25, 0.3) is 0 Å². The first-order chi connectivity index (χ1) is 9.61. The van der Waals surface area contributed by atoms with Gasteiger partial charge in [-0.25, -0.2) is 0 Å². The molecule has 3 N–H and O–H groups in total. The van der Waals surface area contributed by atoms with Crippen LogP contribution in [-0.2, 0) is 14.3 Å². The molecule has 1 aliphatic heterocycles. The Bertz CT molecular complexity index is 439. The zero-order valence-electron chi connectivity index (χ0n) is 12.0. The summed E-state index contributed by atoms with van der Waals surface area (Å²) in [4.78, 5) is 12.1. The minimum absolute atomic E-state index is 0.0383. The summed E-state index contributed by atoms with van der Waals surface area (Å²) in [6, 6.07) is 7.51. The number of amides is 1. The topological polar surface area (TPSA) is 73.6 Å². The highest BCUT2D eigenvalue weighted by molar-refractivity contribution is 5.92. The minimum Gasteiger partial charge on any atom is -0.346 e. The van der Waals surface area contributed by atoms with Gasteiger partial charge >= 0.3 is 0 Å². The molecule has 0 spiro atoms. The van der Waals surface area contributed by atoms with Crippen molar-refractivity contribution in [2.45, 2.75) is 20.1 Å². The predicted molar refractivity (Wildman–Crippen MR) is 77.1 cm³/mol. The van der Waals surface area contributed by atoms with E-state index >= 15 is 0 Å². The molecule has 5 heteroatoms. The molecule has 1 heterocycles. The maximum atomic E-state index is 12.1. The molecule has 0 radical (unpaired) electrons. The smallest absolute Gasteiger partial charge is 0.229 e. The van der Waals surface area contributed by atoms with E-state index in [0.717, 1.165) is 11.3 Å². The average molecular weight is 278 g/mol. The van der Waals surface area contributed by atoms with Crippen LogP contribution in [0.15, 0.2) is 24.3 Å². The number of carbonyl (C=O) groups excluding carboxylic acids is 1. The average Bonchev–Trinajstić information content (AvgIpc) is 2.94. The summed E-state index contributed by atoms with van der Waals surface area (Å²) in [7, 11) is 0. The summed E-state index contributed by atoms with van der Waals surface area (Å²) in [5.41, 5.74) is 7.36. The highest BCUT2D eigenvalue weighted by atomic mass is 16.7. The molecule has 1 saturated heterocycles. The monoisotopic (exact) mass is 278 g/mol. The molecule has 5 nitrogen and oxygen atoms in total. The highest BCUT2D eigenvalue weighted by Gasteiger charge is 2.21. The summed E-state index contributed by atoms with van der Waals surface area (Å²) in [6.45, 7) is 5.58. The summed E-state index contributed by atoms with van der Waals surface area (Å²) >= 11 is 0. The van der Waals surface area contributed by atoms with Crippen molar-refractivity contribution >= 4 is 11.6 Å². The predicted octanol–water partition coefficient (Wildman–Crippen LogP) is 1.90. The van der Waals surface area contributed by atoms with Crippen LogP contribution < -0.4 is 11.1 Å². The Labute approximate surface area is 119 Å². The van der Waals surface area contributed by atoms with Crippen molar-refractivity contribution in [2.24, 2.45) is 17.6 Å². The summed E-state index contributed by atoms with van der Waals surface area (Å²) in [6.07, 6.45) is -0.285. The lowest BCUT2D eigenvalue weighted by atomic mass is 9.95. The Morgan fingerprint density at radius 2 is 1.90 bits per heavy atom. The van der Waals surface area contributed by atoms with Crippen LogP contribution in [0.3, 0.4) is 0 Å². The van der Waals surface area contributed by atoms with Gasteiger partial charge < -0.3 is 20.5 Å². The summed E-state index contributed by atoms with van der Waals surface area (Å²) in [5.74, 6) is 0.0133. The lowest BCUT2D eigenvalue weighted by Crippen LogP contribution is -2.33. The van der Waals surface area contributed by atoms with Gasteiger partial charge in [0.25, 0.3) is 0 Å². The molecular weight excluding hydrogens is 256 g/mol. The van der Waals surface area contributed by atoms with Gasteiger partial charge in [-0.2, -0.15) is 0 Å². The van der Waals surface area contributed by atoms with Crippen molar-refractivity contribution in [3.63, 3.8) is 0 Å². The molecule has 0 saturated carbocycles. The molecule has 1 fully saturated rings. The zero-order valence-corrected chi connectivity index (χ0v) is 12.0. The van der Waals surface area contributed by atoms with E-state index in [2.05, 4.69) is 5.32 Å². The van der Waals surface area contributed by atoms with Gasteiger partial charge in [0.15, 0.2) is 6.29 Å². The van der Waals surface area contributed by atoms with Gasteiger partial charge in [0, 0.05) is 17.8 Å². The third-order valence-electron chi connectivity index (χ3n) is 3.47. The van der Waals surface area contributed by atoms with Crippen molar-refractivity contribution in [1.29, 1.82) is 0 Å². The van der Waals surface area contributed by atoms with E-state index < -0.39 is 0 Å². The van der Waals surface area contributed by atoms with Crippen LogP contribution in [0.4, 0.5) is 5.69 Å². The van der Waals surface area contributed by atoms with Crippen molar-refractivity contribution in [2.75, 3.05) is 25.1 Å². The van der Waals surface area contributed by atoms with E-state index in [1.165, 1.54) is 0 Å². The van der Waals surface area contributed by atoms with E-state index in [-0.39, 0.29) is 24.0 Å². The first-order valence-corrected chi connectivity index (χ1v) is 6.96. The SMILES string of the molecule is CC(C)C(CN)C(=O)Nc1ccc(C2OCCO2)cc1. The molecule has 1 aromatic rings. The molecule has 0 aromatic heterocycles. The van der Waals surface area contributed by atoms with Gasteiger partial charge in [0.2, 0.25) is 5.91 Å². The fourth-order valence-electron chi connectivity index (χ4n) is 2.19. The number of carbonyl (C=O) groups is 1. The Morgan fingerprint density at radius 3 is 2.40 bits per heavy atom. The Hall–Kier alpha value is -1.43. The lowest BCUT2D eigenvalue weighted by Gasteiger charge is -2.18. The van der Waals surface area contributed by atoms with Gasteiger partial charge in [0.1, 0.15) is 0 Å². The van der Waals surface area contributed by atoms with Gasteiger partial charge in [0.05, 0.1) is 19.1 Å². The quantitative estimate of drug-likeness (QED) is 0.862. The number of anilines is 1. The largest absolute Gasteiger partial charge is 0.346 e. The number of nitrogens with one attached hydrogen (secondary N) is 1. The third-order valence-corrected chi connectivity index (χ3v) is 3.47. The van der Waals surface area contributed by atoms with E-state index in [1.807, 2.05) is 38.1 Å². The Morgan fingerprint density at radius 1 is 1.30 bits per heavy atom. The molecule has 0 aliphatic carbocycles. The number of hydrogen-bond acceptors (Lipinski definition) is 4. The first kappa shape index (κ1) is 15.0. The van der Waals surface area contributed by atoms with Crippen LogP contribution in [0.2, 0.25) is 0 Å². The van der Waals surface area contributed by atoms with Gasteiger partial charge in [-0.3, -0.25) is 4.79 Å². The number of nitrogens with two attached hydrogens (primary N) is 1. The van der Waals surface area contributed by atoms with Gasteiger partial charge in [-0.1, -0.05) is 26.0 Å². The number of hydrogen-bond donors (Lipinski definition) is 2. The van der Waals surface area contributed by atoms with Crippen LogP contribution in [0, 0.1) is 11.8 Å². The van der Waals surface area contributed by atoms with E-state index in [1.54, 1.807) is 0 Å². The fourth-order valence-corrected chi connectivity index (χ4v) is 2.19. The van der Waals surface area contributed by atoms with Crippen LogP contribution in [0.5, 0.6) is 0 Å². The van der Waals surface area contributed by atoms with E-state index in [0.29, 0.717) is 19.8 Å². The zero-order chi connectivity index (χ0) is 14.5. The molecule has 1 amide bonds. The Balaban J connectivity index is 1.97. The lowest BCUT2D eigenvalue weighted by molar-refractivity contribution is -0.120. The number of rotatable bonds is 5. The third kappa shape index (κ3) is 3.56. The standard InChI is InChI=1S/C15H22N2O3/c1-10(2)13(9-16)14(18)17-12-5-3-11(4-6-12)15-19-7-8-20-15/h3-6,10,13,15H,7-9,16H2,1-2H3,(H,17,18). The maximum absolute atomic E-state index is 12.1. The first-order valence-electron chi connectivity index (χ1n) is 6.96. The van der Waals surface area contributed by atoms with Crippen molar-refractivity contribution in [3.05, 3.63) is 29.8 Å². The van der Waals surface area contributed by atoms with E-state index in [9.17, 15) is 4.79 Å². The second-order valence-electron chi connectivity index (χ2n) is 5.27.